The van der Waals surface area contributed by atoms with E-state index in [1.807, 2.05) is 54.5 Å². The van der Waals surface area contributed by atoms with Gasteiger partial charge < -0.3 is 24.0 Å². The van der Waals surface area contributed by atoms with Crippen LogP contribution in [-0.4, -0.2) is 92.1 Å². The lowest BCUT2D eigenvalue weighted by Crippen LogP contribution is -2.44. The summed E-state index contributed by atoms with van der Waals surface area (Å²) >= 11 is 0. The summed E-state index contributed by atoms with van der Waals surface area (Å²) in [4.78, 5) is 26.6. The molecule has 6 heterocycles. The SMILES string of the molecule is C[C@@H]1COCCN1c1cc(-c2ccnn2CCN(C)C(=O)OC(C)(C)C)c2ccnc(-c3ccnn3C3CCCCO3)c2n1. The smallest absolute Gasteiger partial charge is 0.410 e. The van der Waals surface area contributed by atoms with E-state index in [1.165, 1.54) is 0 Å². The number of hydrogen-bond acceptors (Lipinski definition) is 9. The monoisotopic (exact) mass is 602 g/mol. The Morgan fingerprint density at radius 2 is 1.91 bits per heavy atom. The van der Waals surface area contributed by atoms with E-state index >= 15 is 0 Å². The topological polar surface area (TPSA) is 113 Å². The first kappa shape index (κ1) is 30.0. The molecule has 1 amide bonds. The van der Waals surface area contributed by atoms with Crippen LogP contribution in [0.25, 0.3) is 33.5 Å². The normalized spacial score (nSPS) is 19.3. The number of morpholine rings is 1. The first-order valence-corrected chi connectivity index (χ1v) is 15.5. The second-order valence-corrected chi connectivity index (χ2v) is 12.5. The fraction of sp³-hybridized carbons (Fsp3) is 0.531. The van der Waals surface area contributed by atoms with E-state index < -0.39 is 5.60 Å². The van der Waals surface area contributed by atoms with E-state index in [0.29, 0.717) is 26.3 Å². The molecular formula is C32H42N8O4. The molecule has 12 nitrogen and oxygen atoms in total. The molecule has 4 aromatic heterocycles. The molecule has 1 unspecified atom stereocenters. The highest BCUT2D eigenvalue weighted by molar-refractivity contribution is 6.01. The highest BCUT2D eigenvalue weighted by atomic mass is 16.6. The standard InChI is InChI=1S/C32H42N8O4/c1-22-21-42-19-17-38(22)27-20-24(25-10-13-34-39(25)16-15-37(5)31(41)44-32(2,3)4)23-9-12-33-30(29(23)36-27)26-11-14-35-40(26)28-8-6-7-18-43-28/h9-14,20,22,28H,6-8,15-19,21H2,1-5H3/t22-,28?/m1/s1. The minimum atomic E-state index is -0.560. The van der Waals surface area contributed by atoms with Crippen molar-refractivity contribution >= 4 is 22.8 Å². The number of ether oxygens (including phenoxy) is 3. The maximum atomic E-state index is 12.6. The van der Waals surface area contributed by atoms with Crippen LogP contribution in [0.4, 0.5) is 10.6 Å². The average molecular weight is 603 g/mol. The van der Waals surface area contributed by atoms with Gasteiger partial charge in [-0.25, -0.2) is 14.5 Å². The summed E-state index contributed by atoms with van der Waals surface area (Å²) in [6, 6.07) is 8.31. The number of likely N-dealkylation sites (N-methyl/N-ethyl adjacent to an activating group) is 1. The summed E-state index contributed by atoms with van der Waals surface area (Å²) in [5.74, 6) is 0.858. The lowest BCUT2D eigenvalue weighted by atomic mass is 10.0. The Morgan fingerprint density at radius 1 is 1.09 bits per heavy atom. The van der Waals surface area contributed by atoms with Gasteiger partial charge in [-0.05, 0) is 71.2 Å². The number of rotatable bonds is 7. The highest BCUT2D eigenvalue weighted by Gasteiger charge is 2.26. The zero-order valence-corrected chi connectivity index (χ0v) is 26.3. The van der Waals surface area contributed by atoms with E-state index in [4.69, 9.17) is 24.2 Å². The van der Waals surface area contributed by atoms with Gasteiger partial charge in [-0.1, -0.05) is 0 Å². The summed E-state index contributed by atoms with van der Waals surface area (Å²) in [7, 11) is 1.74. The van der Waals surface area contributed by atoms with Gasteiger partial charge in [-0.3, -0.25) is 9.67 Å². The van der Waals surface area contributed by atoms with Crippen molar-refractivity contribution in [1.82, 2.24) is 34.4 Å². The molecule has 2 atom stereocenters. The zero-order chi connectivity index (χ0) is 30.8. The summed E-state index contributed by atoms with van der Waals surface area (Å²) in [5.41, 5.74) is 3.78. The maximum Gasteiger partial charge on any atom is 0.410 e. The third-order valence-corrected chi connectivity index (χ3v) is 8.06. The van der Waals surface area contributed by atoms with Gasteiger partial charge in [0.1, 0.15) is 22.6 Å². The number of hydrogen-bond donors (Lipinski definition) is 0. The number of aromatic nitrogens is 6. The van der Waals surface area contributed by atoms with Crippen molar-refractivity contribution in [3.8, 4) is 22.6 Å². The third-order valence-electron chi connectivity index (χ3n) is 8.06. The van der Waals surface area contributed by atoms with Gasteiger partial charge in [0.25, 0.3) is 0 Å². The molecule has 0 spiro atoms. The van der Waals surface area contributed by atoms with E-state index in [2.05, 4.69) is 28.1 Å². The van der Waals surface area contributed by atoms with Crippen molar-refractivity contribution in [2.45, 2.75) is 71.4 Å². The zero-order valence-electron chi connectivity index (χ0n) is 26.3. The highest BCUT2D eigenvalue weighted by Crippen LogP contribution is 2.37. The molecule has 0 bridgehead atoms. The summed E-state index contributed by atoms with van der Waals surface area (Å²) in [6.07, 6.45) is 8.01. The Kier molecular flexibility index (Phi) is 8.55. The van der Waals surface area contributed by atoms with E-state index in [9.17, 15) is 4.79 Å². The molecule has 6 rings (SSSR count). The van der Waals surface area contributed by atoms with Crippen molar-refractivity contribution in [3.05, 3.63) is 42.9 Å². The van der Waals surface area contributed by atoms with Crippen LogP contribution >= 0.6 is 0 Å². The molecule has 0 aromatic carbocycles. The van der Waals surface area contributed by atoms with Crippen molar-refractivity contribution in [3.63, 3.8) is 0 Å². The lowest BCUT2D eigenvalue weighted by molar-refractivity contribution is -0.0383. The number of pyridine rings is 2. The predicted molar refractivity (Wildman–Crippen MR) is 167 cm³/mol. The van der Waals surface area contributed by atoms with Crippen LogP contribution in [0.3, 0.4) is 0 Å². The quantitative estimate of drug-likeness (QED) is 0.284. The molecule has 2 aliphatic rings. The Hall–Kier alpha value is -4.03. The Morgan fingerprint density at radius 3 is 2.68 bits per heavy atom. The molecule has 2 saturated heterocycles. The van der Waals surface area contributed by atoms with Gasteiger partial charge in [0.05, 0.1) is 37.2 Å². The lowest BCUT2D eigenvalue weighted by Gasteiger charge is -2.34. The van der Waals surface area contributed by atoms with Crippen molar-refractivity contribution in [2.24, 2.45) is 0 Å². The molecule has 0 aliphatic carbocycles. The van der Waals surface area contributed by atoms with E-state index in [-0.39, 0.29) is 18.4 Å². The largest absolute Gasteiger partial charge is 0.444 e. The number of fused-ring (bicyclic) bond motifs is 1. The fourth-order valence-corrected chi connectivity index (χ4v) is 5.82. The van der Waals surface area contributed by atoms with Gasteiger partial charge in [-0.2, -0.15) is 10.2 Å². The van der Waals surface area contributed by atoms with E-state index in [1.54, 1.807) is 24.3 Å². The van der Waals surface area contributed by atoms with Gasteiger partial charge >= 0.3 is 6.09 Å². The van der Waals surface area contributed by atoms with Gasteiger partial charge in [0.15, 0.2) is 6.23 Å². The Balaban J connectivity index is 1.42. The summed E-state index contributed by atoms with van der Waals surface area (Å²) in [5, 5.41) is 10.3. The van der Waals surface area contributed by atoms with Crippen LogP contribution in [0, 0.1) is 0 Å². The molecule has 44 heavy (non-hydrogen) atoms. The Labute approximate surface area is 257 Å². The number of nitrogens with zero attached hydrogens (tertiary/aromatic N) is 8. The maximum absolute atomic E-state index is 12.6. The minimum Gasteiger partial charge on any atom is -0.444 e. The van der Waals surface area contributed by atoms with Gasteiger partial charge in [0.2, 0.25) is 0 Å². The van der Waals surface area contributed by atoms with Crippen LogP contribution < -0.4 is 4.90 Å². The number of carbonyl (C=O) groups is 1. The molecule has 2 aliphatic heterocycles. The summed E-state index contributed by atoms with van der Waals surface area (Å²) in [6.45, 7) is 11.4. The van der Waals surface area contributed by atoms with Gasteiger partial charge in [0, 0.05) is 56.3 Å². The minimum absolute atomic E-state index is 0.129. The van der Waals surface area contributed by atoms with Crippen LogP contribution in [-0.2, 0) is 20.8 Å². The average Bonchev–Trinajstić information content (AvgIpc) is 3.69. The van der Waals surface area contributed by atoms with Crippen LogP contribution in [0.5, 0.6) is 0 Å². The molecule has 12 heteroatoms. The number of amides is 1. The molecule has 0 N–H and O–H groups in total. The Bertz CT molecular complexity index is 1600. The number of anilines is 1. The van der Waals surface area contributed by atoms with E-state index in [0.717, 1.165) is 71.8 Å². The van der Waals surface area contributed by atoms with Gasteiger partial charge in [-0.15, -0.1) is 0 Å². The molecule has 234 valence electrons. The van der Waals surface area contributed by atoms with Crippen LogP contribution in [0.2, 0.25) is 0 Å². The van der Waals surface area contributed by atoms with Crippen molar-refractivity contribution in [2.75, 3.05) is 44.9 Å². The first-order chi connectivity index (χ1) is 21.2. The molecule has 0 saturated carbocycles. The number of carbonyl (C=O) groups excluding carboxylic acids is 1. The first-order valence-electron chi connectivity index (χ1n) is 15.5. The summed E-state index contributed by atoms with van der Waals surface area (Å²) < 4.78 is 21.3. The van der Waals surface area contributed by atoms with Crippen LogP contribution in [0.15, 0.2) is 42.9 Å². The molecule has 0 radical (unpaired) electrons. The molecular weight excluding hydrogens is 560 g/mol. The molecule has 2 fully saturated rings. The third kappa shape index (κ3) is 6.27. The second kappa shape index (κ2) is 12.5. The van der Waals surface area contributed by atoms with Crippen LogP contribution in [0.1, 0.15) is 53.2 Å². The van der Waals surface area contributed by atoms with Crippen molar-refractivity contribution < 1.29 is 19.0 Å². The predicted octanol–water partition coefficient (Wildman–Crippen LogP) is 5.15. The molecule has 4 aromatic rings. The fourth-order valence-electron chi connectivity index (χ4n) is 5.82. The second-order valence-electron chi connectivity index (χ2n) is 12.5. The van der Waals surface area contributed by atoms with Crippen molar-refractivity contribution in [1.29, 1.82) is 0 Å².